The number of carbonyl (C=O) groups is 1. The number of aryl methyl sites for hydroxylation is 1. The summed E-state index contributed by atoms with van der Waals surface area (Å²) in [5.74, 6) is -0.714. The molecule has 0 atom stereocenters. The molecule has 0 aliphatic carbocycles. The molecule has 0 spiro atoms. The summed E-state index contributed by atoms with van der Waals surface area (Å²) >= 11 is 0. The van der Waals surface area contributed by atoms with Gasteiger partial charge in [-0.25, -0.2) is 4.39 Å². The minimum atomic E-state index is -0.434. The van der Waals surface area contributed by atoms with Crippen molar-refractivity contribution in [3.05, 3.63) is 77.8 Å². The van der Waals surface area contributed by atoms with E-state index >= 15 is 0 Å². The standard InChI is InChI=1S/C21H16FNO2/c1-13-6-8-18(17(22)10-13)23-20(24)11-15-12-25-19-9-7-14-4-2-3-5-16(14)21(15)19/h2-10,12H,11H2,1H3,(H,23,24). The van der Waals surface area contributed by atoms with Crippen molar-refractivity contribution in [2.24, 2.45) is 0 Å². The molecule has 0 radical (unpaired) electrons. The van der Waals surface area contributed by atoms with Gasteiger partial charge in [0.15, 0.2) is 0 Å². The highest BCUT2D eigenvalue weighted by Gasteiger charge is 2.14. The maximum atomic E-state index is 13.9. The SMILES string of the molecule is Cc1ccc(NC(=O)Cc2coc3ccc4ccccc4c23)c(F)c1. The van der Waals surface area contributed by atoms with Gasteiger partial charge in [0.2, 0.25) is 5.91 Å². The van der Waals surface area contributed by atoms with E-state index in [9.17, 15) is 9.18 Å². The third kappa shape index (κ3) is 2.87. The first kappa shape index (κ1) is 15.4. The number of halogens is 1. The minimum absolute atomic E-state index is 0.119. The summed E-state index contributed by atoms with van der Waals surface area (Å²) in [5, 5.41) is 5.69. The first-order valence-electron chi connectivity index (χ1n) is 8.05. The second-order valence-corrected chi connectivity index (χ2v) is 6.13. The smallest absolute Gasteiger partial charge is 0.229 e. The van der Waals surface area contributed by atoms with Crippen molar-refractivity contribution in [2.75, 3.05) is 5.32 Å². The Kier molecular flexibility index (Phi) is 3.73. The van der Waals surface area contributed by atoms with Gasteiger partial charge >= 0.3 is 0 Å². The van der Waals surface area contributed by atoms with Crippen molar-refractivity contribution in [1.82, 2.24) is 0 Å². The summed E-state index contributed by atoms with van der Waals surface area (Å²) in [6.45, 7) is 1.80. The van der Waals surface area contributed by atoms with Crippen LogP contribution >= 0.6 is 0 Å². The molecule has 0 saturated heterocycles. The molecule has 4 aromatic rings. The molecule has 4 rings (SSSR count). The van der Waals surface area contributed by atoms with Crippen LogP contribution in [0.5, 0.6) is 0 Å². The summed E-state index contributed by atoms with van der Waals surface area (Å²) in [6.07, 6.45) is 1.72. The van der Waals surface area contributed by atoms with Crippen molar-refractivity contribution in [3.63, 3.8) is 0 Å². The third-order valence-electron chi connectivity index (χ3n) is 4.29. The molecule has 1 amide bonds. The molecule has 1 heterocycles. The lowest BCUT2D eigenvalue weighted by molar-refractivity contribution is -0.115. The summed E-state index contributed by atoms with van der Waals surface area (Å²) in [4.78, 5) is 12.4. The van der Waals surface area contributed by atoms with Crippen LogP contribution in [0.4, 0.5) is 10.1 Å². The Morgan fingerprint density at radius 1 is 1.12 bits per heavy atom. The molecule has 0 unspecified atom stereocenters. The Morgan fingerprint density at radius 3 is 2.80 bits per heavy atom. The van der Waals surface area contributed by atoms with Gasteiger partial charge in [-0.15, -0.1) is 0 Å². The van der Waals surface area contributed by atoms with Crippen molar-refractivity contribution < 1.29 is 13.6 Å². The first-order chi connectivity index (χ1) is 12.1. The van der Waals surface area contributed by atoms with Crippen LogP contribution in [0.1, 0.15) is 11.1 Å². The zero-order valence-electron chi connectivity index (χ0n) is 13.7. The van der Waals surface area contributed by atoms with Crippen molar-refractivity contribution >= 4 is 33.3 Å². The van der Waals surface area contributed by atoms with Crippen LogP contribution in [0.15, 0.2) is 65.3 Å². The number of hydrogen-bond acceptors (Lipinski definition) is 2. The van der Waals surface area contributed by atoms with Crippen LogP contribution in [0.25, 0.3) is 21.7 Å². The van der Waals surface area contributed by atoms with Crippen LogP contribution < -0.4 is 5.32 Å². The average Bonchev–Trinajstić information content (AvgIpc) is 3.01. The fourth-order valence-electron chi connectivity index (χ4n) is 3.09. The van der Waals surface area contributed by atoms with Crippen LogP contribution in [0.2, 0.25) is 0 Å². The number of anilines is 1. The second kappa shape index (κ2) is 6.06. The second-order valence-electron chi connectivity index (χ2n) is 6.13. The maximum Gasteiger partial charge on any atom is 0.229 e. The molecule has 25 heavy (non-hydrogen) atoms. The number of rotatable bonds is 3. The molecule has 3 nitrogen and oxygen atoms in total. The van der Waals surface area contributed by atoms with Crippen LogP contribution in [0.3, 0.4) is 0 Å². The van der Waals surface area contributed by atoms with Gasteiger partial charge in [-0.2, -0.15) is 0 Å². The van der Waals surface area contributed by atoms with E-state index in [1.807, 2.05) is 36.4 Å². The molecule has 3 aromatic carbocycles. The van der Waals surface area contributed by atoms with Gasteiger partial charge in [0.25, 0.3) is 0 Å². The average molecular weight is 333 g/mol. The van der Waals surface area contributed by atoms with Crippen LogP contribution in [-0.4, -0.2) is 5.91 Å². The molecule has 1 N–H and O–H groups in total. The number of furan rings is 1. The number of carbonyl (C=O) groups excluding carboxylic acids is 1. The van der Waals surface area contributed by atoms with Gasteiger partial charge in [-0.05, 0) is 41.5 Å². The van der Waals surface area contributed by atoms with E-state index in [4.69, 9.17) is 4.42 Å². The predicted octanol–water partition coefficient (Wildman–Crippen LogP) is 5.21. The number of amides is 1. The highest BCUT2D eigenvalue weighted by atomic mass is 19.1. The van der Waals surface area contributed by atoms with Crippen molar-refractivity contribution in [3.8, 4) is 0 Å². The first-order valence-corrected chi connectivity index (χ1v) is 8.05. The van der Waals surface area contributed by atoms with E-state index in [0.717, 1.165) is 32.9 Å². The lowest BCUT2D eigenvalue weighted by Gasteiger charge is -2.07. The zero-order valence-corrected chi connectivity index (χ0v) is 13.7. The molecule has 0 aliphatic rings. The molecule has 0 aliphatic heterocycles. The van der Waals surface area contributed by atoms with Crippen molar-refractivity contribution in [1.29, 1.82) is 0 Å². The Balaban J connectivity index is 1.66. The predicted molar refractivity (Wildman–Crippen MR) is 97.2 cm³/mol. The summed E-state index contributed by atoms with van der Waals surface area (Å²) in [7, 11) is 0. The minimum Gasteiger partial charge on any atom is -0.464 e. The van der Waals surface area contributed by atoms with E-state index in [1.54, 1.807) is 25.3 Å². The quantitative estimate of drug-likeness (QED) is 0.559. The van der Waals surface area contributed by atoms with Gasteiger partial charge in [0.1, 0.15) is 11.4 Å². The summed E-state index contributed by atoms with van der Waals surface area (Å²) in [5.41, 5.74) is 2.52. The van der Waals surface area contributed by atoms with Crippen molar-refractivity contribution in [2.45, 2.75) is 13.3 Å². The summed E-state index contributed by atoms with van der Waals surface area (Å²) < 4.78 is 19.5. The Hall–Kier alpha value is -3.14. The van der Waals surface area contributed by atoms with Crippen LogP contribution in [-0.2, 0) is 11.2 Å². The third-order valence-corrected chi connectivity index (χ3v) is 4.29. The molecular weight excluding hydrogens is 317 g/mol. The van der Waals surface area contributed by atoms with E-state index in [-0.39, 0.29) is 18.0 Å². The topological polar surface area (TPSA) is 42.2 Å². The van der Waals surface area contributed by atoms with Gasteiger partial charge in [-0.3, -0.25) is 4.79 Å². The Morgan fingerprint density at radius 2 is 1.96 bits per heavy atom. The van der Waals surface area contributed by atoms with Gasteiger partial charge in [0, 0.05) is 10.9 Å². The highest BCUT2D eigenvalue weighted by Crippen LogP contribution is 2.30. The normalized spacial score (nSPS) is 11.1. The summed E-state index contributed by atoms with van der Waals surface area (Å²) in [6, 6.07) is 16.6. The largest absolute Gasteiger partial charge is 0.464 e. The number of fused-ring (bicyclic) bond motifs is 3. The number of hydrogen-bond donors (Lipinski definition) is 1. The van der Waals surface area contributed by atoms with Gasteiger partial charge in [0.05, 0.1) is 18.4 Å². The maximum absolute atomic E-state index is 13.9. The fraction of sp³-hybridized carbons (Fsp3) is 0.0952. The van der Waals surface area contributed by atoms with Gasteiger partial charge in [-0.1, -0.05) is 36.4 Å². The number of nitrogens with one attached hydrogen (secondary N) is 1. The van der Waals surface area contributed by atoms with E-state index in [2.05, 4.69) is 5.32 Å². The Bertz CT molecular complexity index is 1100. The molecular formula is C21H16FNO2. The molecule has 124 valence electrons. The van der Waals surface area contributed by atoms with Gasteiger partial charge < -0.3 is 9.73 Å². The zero-order chi connectivity index (χ0) is 17.4. The number of benzene rings is 3. The molecule has 1 aromatic heterocycles. The fourth-order valence-corrected chi connectivity index (χ4v) is 3.09. The van der Waals surface area contributed by atoms with E-state index in [1.165, 1.54) is 6.07 Å². The monoisotopic (exact) mass is 333 g/mol. The molecule has 4 heteroatoms. The molecule has 0 saturated carbocycles. The lowest BCUT2D eigenvalue weighted by atomic mass is 10.0. The van der Waals surface area contributed by atoms with Crippen LogP contribution in [0, 0.1) is 12.7 Å². The lowest BCUT2D eigenvalue weighted by Crippen LogP contribution is -2.15. The molecule has 0 fully saturated rings. The van der Waals surface area contributed by atoms with E-state index < -0.39 is 5.82 Å². The van der Waals surface area contributed by atoms with E-state index in [0.29, 0.717) is 0 Å². The Labute approximate surface area is 144 Å². The highest BCUT2D eigenvalue weighted by molar-refractivity contribution is 6.09. The molecule has 0 bridgehead atoms.